The Labute approximate surface area is 111 Å². The SMILES string of the molecule is Cc1ccc(F)cc1C(NN)c1ccccc1Cl. The van der Waals surface area contributed by atoms with Crippen LogP contribution in [0, 0.1) is 12.7 Å². The van der Waals surface area contributed by atoms with Gasteiger partial charge < -0.3 is 0 Å². The predicted octanol–water partition coefficient (Wildman–Crippen LogP) is 3.34. The smallest absolute Gasteiger partial charge is 0.123 e. The Morgan fingerprint density at radius 3 is 2.56 bits per heavy atom. The average molecular weight is 265 g/mol. The molecule has 0 aliphatic rings. The molecule has 0 aromatic heterocycles. The van der Waals surface area contributed by atoms with E-state index in [9.17, 15) is 4.39 Å². The van der Waals surface area contributed by atoms with E-state index >= 15 is 0 Å². The molecule has 1 atom stereocenters. The van der Waals surface area contributed by atoms with Gasteiger partial charge in [0.2, 0.25) is 0 Å². The van der Waals surface area contributed by atoms with E-state index in [2.05, 4.69) is 5.43 Å². The molecule has 0 fully saturated rings. The van der Waals surface area contributed by atoms with Crippen molar-refractivity contribution in [2.45, 2.75) is 13.0 Å². The largest absolute Gasteiger partial charge is 0.271 e. The number of halogens is 2. The summed E-state index contributed by atoms with van der Waals surface area (Å²) < 4.78 is 13.4. The highest BCUT2D eigenvalue weighted by molar-refractivity contribution is 6.31. The van der Waals surface area contributed by atoms with Crippen LogP contribution in [0.5, 0.6) is 0 Å². The highest BCUT2D eigenvalue weighted by atomic mass is 35.5. The van der Waals surface area contributed by atoms with E-state index in [1.54, 1.807) is 12.1 Å². The lowest BCUT2D eigenvalue weighted by Gasteiger charge is -2.20. The third kappa shape index (κ3) is 2.53. The van der Waals surface area contributed by atoms with Gasteiger partial charge >= 0.3 is 0 Å². The molecule has 2 nitrogen and oxygen atoms in total. The van der Waals surface area contributed by atoms with Crippen LogP contribution in [0.15, 0.2) is 42.5 Å². The molecule has 0 heterocycles. The molecule has 0 radical (unpaired) electrons. The monoisotopic (exact) mass is 264 g/mol. The van der Waals surface area contributed by atoms with Gasteiger partial charge in [0.05, 0.1) is 6.04 Å². The molecule has 0 spiro atoms. The number of hydrazine groups is 1. The first-order valence-corrected chi connectivity index (χ1v) is 5.98. The maximum Gasteiger partial charge on any atom is 0.123 e. The first kappa shape index (κ1) is 13.0. The van der Waals surface area contributed by atoms with Gasteiger partial charge in [0, 0.05) is 5.02 Å². The van der Waals surface area contributed by atoms with Crippen molar-refractivity contribution in [1.82, 2.24) is 5.43 Å². The lowest BCUT2D eigenvalue weighted by molar-refractivity contribution is 0.603. The topological polar surface area (TPSA) is 38.0 Å². The van der Waals surface area contributed by atoms with E-state index in [0.29, 0.717) is 5.02 Å². The fourth-order valence-electron chi connectivity index (χ4n) is 1.98. The van der Waals surface area contributed by atoms with Crippen LogP contribution in [0.25, 0.3) is 0 Å². The van der Waals surface area contributed by atoms with Gasteiger partial charge in [0.1, 0.15) is 5.82 Å². The summed E-state index contributed by atoms with van der Waals surface area (Å²) in [5.74, 6) is 5.30. The van der Waals surface area contributed by atoms with Crippen LogP contribution in [-0.4, -0.2) is 0 Å². The zero-order valence-corrected chi connectivity index (χ0v) is 10.7. The Bertz CT molecular complexity index is 557. The normalized spacial score (nSPS) is 12.4. The van der Waals surface area contributed by atoms with E-state index in [1.807, 2.05) is 25.1 Å². The van der Waals surface area contributed by atoms with Crippen LogP contribution in [0.1, 0.15) is 22.7 Å². The molecule has 18 heavy (non-hydrogen) atoms. The summed E-state index contributed by atoms with van der Waals surface area (Å²) >= 11 is 6.15. The Kier molecular flexibility index (Phi) is 3.97. The Hall–Kier alpha value is -1.42. The molecular weight excluding hydrogens is 251 g/mol. The van der Waals surface area contributed by atoms with Crippen molar-refractivity contribution in [3.8, 4) is 0 Å². The quantitative estimate of drug-likeness (QED) is 0.659. The van der Waals surface area contributed by atoms with Crippen molar-refractivity contribution >= 4 is 11.6 Å². The van der Waals surface area contributed by atoms with E-state index in [4.69, 9.17) is 17.4 Å². The highest BCUT2D eigenvalue weighted by Crippen LogP contribution is 2.29. The molecule has 0 saturated carbocycles. The summed E-state index contributed by atoms with van der Waals surface area (Å²) in [6.45, 7) is 1.91. The molecule has 2 aromatic carbocycles. The summed E-state index contributed by atoms with van der Waals surface area (Å²) in [7, 11) is 0. The maximum absolute atomic E-state index is 13.4. The summed E-state index contributed by atoms with van der Waals surface area (Å²) in [6, 6.07) is 11.7. The summed E-state index contributed by atoms with van der Waals surface area (Å²) in [5.41, 5.74) is 5.26. The van der Waals surface area contributed by atoms with Crippen LogP contribution >= 0.6 is 11.6 Å². The second-order valence-electron chi connectivity index (χ2n) is 4.12. The maximum atomic E-state index is 13.4. The van der Waals surface area contributed by atoms with Gasteiger partial charge in [-0.05, 0) is 41.8 Å². The van der Waals surface area contributed by atoms with Crippen LogP contribution in [0.2, 0.25) is 5.02 Å². The fraction of sp³-hybridized carbons (Fsp3) is 0.143. The number of benzene rings is 2. The van der Waals surface area contributed by atoms with Gasteiger partial charge in [-0.2, -0.15) is 0 Å². The zero-order chi connectivity index (χ0) is 13.1. The minimum Gasteiger partial charge on any atom is -0.271 e. The van der Waals surface area contributed by atoms with Gasteiger partial charge in [-0.15, -0.1) is 0 Å². The zero-order valence-electron chi connectivity index (χ0n) is 9.95. The fourth-order valence-corrected chi connectivity index (χ4v) is 2.22. The molecule has 0 saturated heterocycles. The molecule has 3 N–H and O–H groups in total. The summed E-state index contributed by atoms with van der Waals surface area (Å²) in [4.78, 5) is 0. The highest BCUT2D eigenvalue weighted by Gasteiger charge is 2.17. The molecule has 0 amide bonds. The Morgan fingerprint density at radius 2 is 1.89 bits per heavy atom. The standard InChI is InChI=1S/C14H14ClFN2/c1-9-6-7-10(16)8-12(9)14(18-17)11-4-2-3-5-13(11)15/h2-8,14,18H,17H2,1H3. The second-order valence-corrected chi connectivity index (χ2v) is 4.53. The first-order valence-electron chi connectivity index (χ1n) is 5.60. The van der Waals surface area contributed by atoms with Crippen molar-refractivity contribution < 1.29 is 4.39 Å². The van der Waals surface area contributed by atoms with Crippen LogP contribution in [0.3, 0.4) is 0 Å². The number of hydrogen-bond donors (Lipinski definition) is 2. The third-order valence-electron chi connectivity index (χ3n) is 2.94. The minimum absolute atomic E-state index is 0.289. The van der Waals surface area contributed by atoms with E-state index in [0.717, 1.165) is 16.7 Å². The second kappa shape index (κ2) is 5.48. The van der Waals surface area contributed by atoms with Gasteiger partial charge in [-0.25, -0.2) is 9.82 Å². The van der Waals surface area contributed by atoms with Crippen molar-refractivity contribution in [2.75, 3.05) is 0 Å². The average Bonchev–Trinajstić information content (AvgIpc) is 2.36. The lowest BCUT2D eigenvalue weighted by Crippen LogP contribution is -2.29. The van der Waals surface area contributed by atoms with Crippen LogP contribution in [0.4, 0.5) is 4.39 Å². The van der Waals surface area contributed by atoms with Crippen LogP contribution < -0.4 is 11.3 Å². The van der Waals surface area contributed by atoms with Crippen molar-refractivity contribution in [3.05, 3.63) is 70.0 Å². The predicted molar refractivity (Wildman–Crippen MR) is 71.8 cm³/mol. The third-order valence-corrected chi connectivity index (χ3v) is 3.28. The minimum atomic E-state index is -0.325. The van der Waals surface area contributed by atoms with Gasteiger partial charge in [-0.1, -0.05) is 35.9 Å². The molecule has 0 aliphatic heterocycles. The molecule has 1 unspecified atom stereocenters. The number of nitrogens with two attached hydrogens (primary N) is 1. The van der Waals surface area contributed by atoms with E-state index < -0.39 is 0 Å². The molecule has 0 bridgehead atoms. The Morgan fingerprint density at radius 1 is 1.17 bits per heavy atom. The number of hydrogen-bond acceptors (Lipinski definition) is 2. The van der Waals surface area contributed by atoms with Crippen molar-refractivity contribution in [1.29, 1.82) is 0 Å². The van der Waals surface area contributed by atoms with Gasteiger partial charge in [-0.3, -0.25) is 5.84 Å². The molecule has 0 aliphatic carbocycles. The number of rotatable bonds is 3. The molecule has 94 valence electrons. The van der Waals surface area contributed by atoms with Crippen molar-refractivity contribution in [3.63, 3.8) is 0 Å². The molecular formula is C14H14ClFN2. The molecule has 4 heteroatoms. The van der Waals surface area contributed by atoms with E-state index in [-0.39, 0.29) is 11.9 Å². The van der Waals surface area contributed by atoms with Gasteiger partial charge in [0.25, 0.3) is 0 Å². The van der Waals surface area contributed by atoms with Crippen molar-refractivity contribution in [2.24, 2.45) is 5.84 Å². The Balaban J connectivity index is 2.52. The number of aryl methyl sites for hydroxylation is 1. The number of nitrogens with one attached hydrogen (secondary N) is 1. The van der Waals surface area contributed by atoms with Crippen LogP contribution in [-0.2, 0) is 0 Å². The van der Waals surface area contributed by atoms with E-state index in [1.165, 1.54) is 12.1 Å². The van der Waals surface area contributed by atoms with Gasteiger partial charge in [0.15, 0.2) is 0 Å². The first-order chi connectivity index (χ1) is 8.63. The molecule has 2 aromatic rings. The summed E-state index contributed by atoms with van der Waals surface area (Å²) in [5, 5.41) is 0.601. The molecule has 2 rings (SSSR count). The lowest BCUT2D eigenvalue weighted by atomic mass is 9.95. The summed E-state index contributed by atoms with van der Waals surface area (Å²) in [6.07, 6.45) is 0.